The Balaban J connectivity index is 3.04. The average Bonchev–Trinajstić information content (AvgIpc) is 2.28. The van der Waals surface area contributed by atoms with Crippen molar-refractivity contribution in [3.63, 3.8) is 0 Å². The van der Waals surface area contributed by atoms with Gasteiger partial charge in [0.05, 0.1) is 11.6 Å². The summed E-state index contributed by atoms with van der Waals surface area (Å²) >= 11 is 0. The molecule has 0 radical (unpaired) electrons. The maximum Gasteiger partial charge on any atom is 0.160 e. The van der Waals surface area contributed by atoms with Crippen molar-refractivity contribution < 1.29 is 8.78 Å². The van der Waals surface area contributed by atoms with Gasteiger partial charge in [-0.25, -0.2) is 8.78 Å². The number of nitrogens with zero attached hydrogens (tertiary/aromatic N) is 4. The Morgan fingerprint density at radius 2 is 2.12 bits per heavy atom. The minimum absolute atomic E-state index is 0.0242. The van der Waals surface area contributed by atoms with Gasteiger partial charge in [-0.2, -0.15) is 5.26 Å². The number of rotatable bonds is 3. The average molecular weight is 220 g/mol. The molecule has 0 N–H and O–H groups in total. The van der Waals surface area contributed by atoms with Gasteiger partial charge in [0.1, 0.15) is 0 Å². The summed E-state index contributed by atoms with van der Waals surface area (Å²) in [7, 11) is 0. The van der Waals surface area contributed by atoms with Gasteiger partial charge < -0.3 is 0 Å². The van der Waals surface area contributed by atoms with E-state index in [4.69, 9.17) is 10.8 Å². The third-order valence-electron chi connectivity index (χ3n) is 1.76. The van der Waals surface area contributed by atoms with Gasteiger partial charge >= 0.3 is 0 Å². The summed E-state index contributed by atoms with van der Waals surface area (Å²) in [6, 6.07) is 3.48. The van der Waals surface area contributed by atoms with E-state index in [1.54, 1.807) is 6.07 Å². The summed E-state index contributed by atoms with van der Waals surface area (Å²) in [5, 5.41) is 11.9. The van der Waals surface area contributed by atoms with E-state index in [1.807, 2.05) is 0 Å². The number of hydrogen-bond acceptors (Lipinski definition) is 2. The molecule has 4 nitrogen and oxygen atoms in total. The molecule has 0 bridgehead atoms. The molecule has 1 rings (SSSR count). The van der Waals surface area contributed by atoms with Crippen molar-refractivity contribution in [2.45, 2.75) is 0 Å². The zero-order valence-electron chi connectivity index (χ0n) is 8.06. The quantitative estimate of drug-likeness (QED) is 0.438. The van der Waals surface area contributed by atoms with Gasteiger partial charge in [-0.05, 0) is 23.2 Å². The first kappa shape index (κ1) is 11.7. The first-order chi connectivity index (χ1) is 7.69. The van der Waals surface area contributed by atoms with E-state index in [1.165, 1.54) is 12.2 Å². The Kier molecular flexibility index (Phi) is 4.01. The first-order valence-electron chi connectivity index (χ1n) is 4.25. The van der Waals surface area contributed by atoms with Crippen LogP contribution in [0.2, 0.25) is 0 Å². The number of azide groups is 1. The lowest BCUT2D eigenvalue weighted by atomic mass is 10.1. The van der Waals surface area contributed by atoms with Gasteiger partial charge in [0.25, 0.3) is 0 Å². The number of hydrogen-bond donors (Lipinski definition) is 0. The van der Waals surface area contributed by atoms with Crippen LogP contribution in [-0.2, 0) is 0 Å². The van der Waals surface area contributed by atoms with E-state index in [9.17, 15) is 8.78 Å². The van der Waals surface area contributed by atoms with E-state index in [0.717, 1.165) is 12.1 Å². The Hall–Kier alpha value is -2.38. The molecule has 0 aliphatic heterocycles. The molecule has 0 fully saturated rings. The van der Waals surface area contributed by atoms with Gasteiger partial charge in [-0.3, -0.25) is 0 Å². The second-order valence-electron chi connectivity index (χ2n) is 2.78. The summed E-state index contributed by atoms with van der Waals surface area (Å²) < 4.78 is 25.6. The summed E-state index contributed by atoms with van der Waals surface area (Å²) in [5.74, 6) is -2.09. The second kappa shape index (κ2) is 5.49. The third-order valence-corrected chi connectivity index (χ3v) is 1.76. The molecule has 0 saturated heterocycles. The van der Waals surface area contributed by atoms with Crippen LogP contribution < -0.4 is 0 Å². The van der Waals surface area contributed by atoms with Crippen LogP contribution in [0.25, 0.3) is 16.5 Å². The van der Waals surface area contributed by atoms with Crippen LogP contribution in [0.5, 0.6) is 0 Å². The number of benzene rings is 1. The molecule has 0 aromatic heterocycles. The highest BCUT2D eigenvalue weighted by Gasteiger charge is 2.06. The highest BCUT2D eigenvalue weighted by Crippen LogP contribution is 2.15. The standard InChI is InChI=1S/C10H6F2N4/c11-9-4-7(2-1-3-15-16-14)8(6-13)5-10(9)12/h1-2,4-5H,3H2. The van der Waals surface area contributed by atoms with Crippen molar-refractivity contribution in [1.82, 2.24) is 0 Å². The Morgan fingerprint density at radius 3 is 2.75 bits per heavy atom. The molecule has 1 aromatic rings. The van der Waals surface area contributed by atoms with Crippen molar-refractivity contribution in [1.29, 1.82) is 5.26 Å². The summed E-state index contributed by atoms with van der Waals surface area (Å²) in [6.07, 6.45) is 2.85. The zero-order chi connectivity index (χ0) is 12.0. The smallest absolute Gasteiger partial charge is 0.160 e. The lowest BCUT2D eigenvalue weighted by Gasteiger charge is -1.99. The van der Waals surface area contributed by atoms with Crippen molar-refractivity contribution in [2.75, 3.05) is 6.54 Å². The maximum absolute atomic E-state index is 12.9. The summed E-state index contributed by atoms with van der Waals surface area (Å²) in [6.45, 7) is 0.0837. The minimum Gasteiger partial charge on any atom is -0.204 e. The predicted molar refractivity (Wildman–Crippen MR) is 54.1 cm³/mol. The summed E-state index contributed by atoms with van der Waals surface area (Å²) in [4.78, 5) is 2.52. The molecule has 80 valence electrons. The van der Waals surface area contributed by atoms with E-state index in [0.29, 0.717) is 0 Å². The molecular formula is C10H6F2N4. The normalized spacial score (nSPS) is 9.81. The van der Waals surface area contributed by atoms with E-state index in [-0.39, 0.29) is 17.7 Å². The topological polar surface area (TPSA) is 72.5 Å². The van der Waals surface area contributed by atoms with Crippen LogP contribution in [0, 0.1) is 23.0 Å². The highest BCUT2D eigenvalue weighted by molar-refractivity contribution is 5.58. The first-order valence-corrected chi connectivity index (χ1v) is 4.25. The largest absolute Gasteiger partial charge is 0.204 e. The maximum atomic E-state index is 12.9. The molecule has 16 heavy (non-hydrogen) atoms. The Bertz CT molecular complexity index is 510. The van der Waals surface area contributed by atoms with Crippen molar-refractivity contribution in [2.24, 2.45) is 5.11 Å². The Morgan fingerprint density at radius 1 is 1.44 bits per heavy atom. The van der Waals surface area contributed by atoms with Crippen LogP contribution >= 0.6 is 0 Å². The van der Waals surface area contributed by atoms with Crippen molar-refractivity contribution in [3.8, 4) is 6.07 Å². The fraction of sp³-hybridized carbons (Fsp3) is 0.100. The molecule has 6 heteroatoms. The summed E-state index contributed by atoms with van der Waals surface area (Å²) in [5.41, 5.74) is 8.28. The zero-order valence-corrected chi connectivity index (χ0v) is 8.06. The van der Waals surface area contributed by atoms with Gasteiger partial charge in [0, 0.05) is 11.5 Å². The molecule has 0 aliphatic carbocycles. The molecular weight excluding hydrogens is 214 g/mol. The molecule has 0 spiro atoms. The highest BCUT2D eigenvalue weighted by atomic mass is 19.2. The van der Waals surface area contributed by atoms with E-state index in [2.05, 4.69) is 10.0 Å². The molecule has 0 amide bonds. The van der Waals surface area contributed by atoms with Crippen molar-refractivity contribution in [3.05, 3.63) is 51.4 Å². The van der Waals surface area contributed by atoms with Gasteiger partial charge in [0.2, 0.25) is 0 Å². The van der Waals surface area contributed by atoms with Crippen LogP contribution in [0.15, 0.2) is 23.3 Å². The molecule has 0 aliphatic rings. The van der Waals surface area contributed by atoms with Gasteiger partial charge in [-0.15, -0.1) is 0 Å². The van der Waals surface area contributed by atoms with Crippen LogP contribution in [0.3, 0.4) is 0 Å². The van der Waals surface area contributed by atoms with Gasteiger partial charge in [0.15, 0.2) is 11.6 Å². The molecule has 0 saturated carbocycles. The SMILES string of the molecule is N#Cc1cc(F)c(F)cc1C=CCN=[N+]=[N-]. The third kappa shape index (κ3) is 2.80. The Labute approximate surface area is 90.1 Å². The molecule has 0 heterocycles. The molecule has 1 aromatic carbocycles. The number of nitriles is 1. The molecule has 0 atom stereocenters. The monoisotopic (exact) mass is 220 g/mol. The lowest BCUT2D eigenvalue weighted by molar-refractivity contribution is 0.508. The fourth-order valence-electron chi connectivity index (χ4n) is 1.06. The second-order valence-corrected chi connectivity index (χ2v) is 2.78. The van der Waals surface area contributed by atoms with E-state index >= 15 is 0 Å². The van der Waals surface area contributed by atoms with E-state index < -0.39 is 11.6 Å². The lowest BCUT2D eigenvalue weighted by Crippen LogP contribution is -1.90. The van der Waals surface area contributed by atoms with Crippen LogP contribution in [0.4, 0.5) is 8.78 Å². The predicted octanol–water partition coefficient (Wildman–Crippen LogP) is 3.16. The minimum atomic E-state index is -1.07. The van der Waals surface area contributed by atoms with Gasteiger partial charge in [-0.1, -0.05) is 17.3 Å². The fourth-order valence-corrected chi connectivity index (χ4v) is 1.06. The molecule has 0 unspecified atom stereocenters. The van der Waals surface area contributed by atoms with Crippen LogP contribution in [0.1, 0.15) is 11.1 Å². The van der Waals surface area contributed by atoms with Crippen LogP contribution in [-0.4, -0.2) is 6.54 Å². The number of halogens is 2. The van der Waals surface area contributed by atoms with Crippen molar-refractivity contribution >= 4 is 6.08 Å².